The number of hydrogen-bond acceptors (Lipinski definition) is 6. The van der Waals surface area contributed by atoms with E-state index in [4.69, 9.17) is 20.9 Å². The number of nitrogens with one attached hydrogen (secondary N) is 1. The molecular formula is C18H17ClN4O3. The van der Waals surface area contributed by atoms with Crippen LogP contribution in [0.3, 0.4) is 0 Å². The Balaban J connectivity index is 1.36. The third-order valence-corrected chi connectivity index (χ3v) is 3.73. The predicted octanol–water partition coefficient (Wildman–Crippen LogP) is 2.91. The van der Waals surface area contributed by atoms with Gasteiger partial charge < -0.3 is 14.6 Å². The molecule has 1 N–H and O–H groups in total. The van der Waals surface area contributed by atoms with E-state index in [-0.39, 0.29) is 12.3 Å². The van der Waals surface area contributed by atoms with E-state index in [2.05, 4.69) is 20.4 Å². The molecular weight excluding hydrogens is 356 g/mol. The van der Waals surface area contributed by atoms with Gasteiger partial charge in [-0.15, -0.1) is 0 Å². The summed E-state index contributed by atoms with van der Waals surface area (Å²) in [6, 6.07) is 10.6. The lowest BCUT2D eigenvalue weighted by molar-refractivity contribution is -0.121. The Morgan fingerprint density at radius 2 is 1.92 bits per heavy atom. The number of rotatable bonds is 8. The van der Waals surface area contributed by atoms with Crippen molar-refractivity contribution < 1.29 is 14.1 Å². The van der Waals surface area contributed by atoms with E-state index in [9.17, 15) is 4.79 Å². The number of nitrogens with zero attached hydrogens (tertiary/aromatic N) is 3. The zero-order chi connectivity index (χ0) is 18.2. The summed E-state index contributed by atoms with van der Waals surface area (Å²) in [6.45, 7) is 0.785. The summed E-state index contributed by atoms with van der Waals surface area (Å²) in [4.78, 5) is 20.1. The summed E-state index contributed by atoms with van der Waals surface area (Å²) < 4.78 is 10.7. The van der Waals surface area contributed by atoms with Crippen LogP contribution in [0.5, 0.6) is 5.75 Å². The summed E-state index contributed by atoms with van der Waals surface area (Å²) in [5, 5.41) is 7.34. The van der Waals surface area contributed by atoms with Crippen LogP contribution < -0.4 is 10.1 Å². The third kappa shape index (κ3) is 5.29. The number of hydrogen-bond donors (Lipinski definition) is 1. The number of amides is 1. The summed E-state index contributed by atoms with van der Waals surface area (Å²) in [7, 11) is 0. The molecule has 26 heavy (non-hydrogen) atoms. The van der Waals surface area contributed by atoms with Gasteiger partial charge in [0.15, 0.2) is 0 Å². The standard InChI is InChI=1S/C18H17ClN4O3/c19-14-1-3-15(4-2-14)25-12-11-21-16(24)5-6-17-22-18(23-26-17)13-7-9-20-10-8-13/h1-4,7-10H,5-6,11-12H2,(H,21,24). The topological polar surface area (TPSA) is 90.1 Å². The number of carbonyl (C=O) groups excluding carboxylic acids is 1. The van der Waals surface area contributed by atoms with Crippen LogP contribution in [0.1, 0.15) is 12.3 Å². The summed E-state index contributed by atoms with van der Waals surface area (Å²) >= 11 is 5.80. The van der Waals surface area contributed by atoms with Crippen molar-refractivity contribution in [3.05, 3.63) is 59.7 Å². The van der Waals surface area contributed by atoms with Crippen molar-refractivity contribution in [2.24, 2.45) is 0 Å². The van der Waals surface area contributed by atoms with Gasteiger partial charge in [0.25, 0.3) is 0 Å². The maximum absolute atomic E-state index is 11.9. The van der Waals surface area contributed by atoms with Gasteiger partial charge in [0.2, 0.25) is 17.6 Å². The van der Waals surface area contributed by atoms with Crippen LogP contribution in [0, 0.1) is 0 Å². The Morgan fingerprint density at radius 1 is 1.15 bits per heavy atom. The van der Waals surface area contributed by atoms with Gasteiger partial charge >= 0.3 is 0 Å². The number of pyridine rings is 1. The molecule has 8 heteroatoms. The van der Waals surface area contributed by atoms with Crippen LogP contribution in [0.15, 0.2) is 53.3 Å². The van der Waals surface area contributed by atoms with Crippen LogP contribution in [0.2, 0.25) is 5.02 Å². The molecule has 0 atom stereocenters. The average molecular weight is 373 g/mol. The van der Waals surface area contributed by atoms with Gasteiger partial charge in [0.05, 0.1) is 6.54 Å². The molecule has 134 valence electrons. The monoisotopic (exact) mass is 372 g/mol. The molecule has 0 aliphatic heterocycles. The Kier molecular flexibility index (Phi) is 6.16. The number of carbonyl (C=O) groups is 1. The van der Waals surface area contributed by atoms with Crippen molar-refractivity contribution in [2.45, 2.75) is 12.8 Å². The number of halogens is 1. The van der Waals surface area contributed by atoms with Gasteiger partial charge in [0, 0.05) is 35.8 Å². The van der Waals surface area contributed by atoms with Crippen LogP contribution in [-0.4, -0.2) is 34.2 Å². The fourth-order valence-corrected chi connectivity index (χ4v) is 2.30. The van der Waals surface area contributed by atoms with Gasteiger partial charge in [0.1, 0.15) is 12.4 Å². The highest BCUT2D eigenvalue weighted by molar-refractivity contribution is 6.30. The van der Waals surface area contributed by atoms with Crippen molar-refractivity contribution in [3.8, 4) is 17.1 Å². The first-order chi connectivity index (χ1) is 12.7. The fourth-order valence-electron chi connectivity index (χ4n) is 2.17. The second-order valence-electron chi connectivity index (χ2n) is 5.40. The molecule has 2 heterocycles. The Bertz CT molecular complexity index is 837. The molecule has 3 aromatic rings. The van der Waals surface area contributed by atoms with E-state index >= 15 is 0 Å². The second-order valence-corrected chi connectivity index (χ2v) is 5.84. The molecule has 7 nitrogen and oxygen atoms in total. The molecule has 1 aromatic carbocycles. The smallest absolute Gasteiger partial charge is 0.227 e. The van der Waals surface area contributed by atoms with E-state index < -0.39 is 0 Å². The third-order valence-electron chi connectivity index (χ3n) is 3.48. The molecule has 2 aromatic heterocycles. The molecule has 0 saturated carbocycles. The minimum absolute atomic E-state index is 0.103. The van der Waals surface area contributed by atoms with Crippen LogP contribution in [-0.2, 0) is 11.2 Å². The molecule has 0 unspecified atom stereocenters. The van der Waals surface area contributed by atoms with Crippen molar-refractivity contribution in [1.29, 1.82) is 0 Å². The molecule has 0 saturated heterocycles. The first kappa shape index (κ1) is 17.9. The van der Waals surface area contributed by atoms with Gasteiger partial charge in [-0.1, -0.05) is 16.8 Å². The molecule has 0 spiro atoms. The molecule has 0 aliphatic rings. The van der Waals surface area contributed by atoms with Crippen molar-refractivity contribution in [3.63, 3.8) is 0 Å². The highest BCUT2D eigenvalue weighted by Crippen LogP contribution is 2.15. The molecule has 0 fully saturated rings. The van der Waals surface area contributed by atoms with E-state index in [1.807, 2.05) is 0 Å². The quantitative estimate of drug-likeness (QED) is 0.611. The lowest BCUT2D eigenvalue weighted by Crippen LogP contribution is -2.28. The van der Waals surface area contributed by atoms with Gasteiger partial charge in [-0.25, -0.2) is 0 Å². The van der Waals surface area contributed by atoms with Crippen molar-refractivity contribution in [2.75, 3.05) is 13.2 Å². The average Bonchev–Trinajstić information content (AvgIpc) is 3.15. The van der Waals surface area contributed by atoms with Crippen LogP contribution in [0.25, 0.3) is 11.4 Å². The van der Waals surface area contributed by atoms with E-state index in [0.29, 0.717) is 42.1 Å². The molecule has 0 aliphatic carbocycles. The summed E-state index contributed by atoms with van der Waals surface area (Å²) in [5.41, 5.74) is 0.818. The van der Waals surface area contributed by atoms with Crippen molar-refractivity contribution in [1.82, 2.24) is 20.4 Å². The maximum atomic E-state index is 11.9. The Labute approximate surface area is 155 Å². The number of ether oxygens (including phenoxy) is 1. The maximum Gasteiger partial charge on any atom is 0.227 e. The minimum atomic E-state index is -0.103. The SMILES string of the molecule is O=C(CCc1nc(-c2ccncc2)no1)NCCOc1ccc(Cl)cc1. The first-order valence-corrected chi connectivity index (χ1v) is 8.46. The Morgan fingerprint density at radius 3 is 2.69 bits per heavy atom. The fraction of sp³-hybridized carbons (Fsp3) is 0.222. The molecule has 0 radical (unpaired) electrons. The van der Waals surface area contributed by atoms with E-state index in [1.54, 1.807) is 48.8 Å². The predicted molar refractivity (Wildman–Crippen MR) is 95.8 cm³/mol. The van der Waals surface area contributed by atoms with Gasteiger partial charge in [-0.3, -0.25) is 9.78 Å². The normalized spacial score (nSPS) is 10.5. The van der Waals surface area contributed by atoms with E-state index in [0.717, 1.165) is 5.56 Å². The minimum Gasteiger partial charge on any atom is -0.492 e. The highest BCUT2D eigenvalue weighted by Gasteiger charge is 2.10. The highest BCUT2D eigenvalue weighted by atomic mass is 35.5. The molecule has 0 bridgehead atoms. The first-order valence-electron chi connectivity index (χ1n) is 8.09. The van der Waals surface area contributed by atoms with Gasteiger partial charge in [-0.2, -0.15) is 4.98 Å². The Hall–Kier alpha value is -2.93. The lowest BCUT2D eigenvalue weighted by atomic mass is 10.2. The van der Waals surface area contributed by atoms with Crippen LogP contribution in [0.4, 0.5) is 0 Å². The summed E-state index contributed by atoms with van der Waals surface area (Å²) in [5.74, 6) is 1.51. The summed E-state index contributed by atoms with van der Waals surface area (Å²) in [6.07, 6.45) is 3.96. The number of aryl methyl sites for hydroxylation is 1. The van der Waals surface area contributed by atoms with E-state index in [1.165, 1.54) is 0 Å². The largest absolute Gasteiger partial charge is 0.492 e. The number of benzene rings is 1. The lowest BCUT2D eigenvalue weighted by Gasteiger charge is -2.07. The molecule has 3 rings (SSSR count). The van der Waals surface area contributed by atoms with Gasteiger partial charge in [-0.05, 0) is 36.4 Å². The molecule has 1 amide bonds. The van der Waals surface area contributed by atoms with Crippen LogP contribution >= 0.6 is 11.6 Å². The zero-order valence-electron chi connectivity index (χ0n) is 13.9. The zero-order valence-corrected chi connectivity index (χ0v) is 14.6. The second kappa shape index (κ2) is 8.96. The van der Waals surface area contributed by atoms with Crippen molar-refractivity contribution >= 4 is 17.5 Å². The number of aromatic nitrogens is 3.